The van der Waals surface area contributed by atoms with Gasteiger partial charge in [0.2, 0.25) is 0 Å². The number of ether oxygens (including phenoxy) is 3. The fourth-order valence-electron chi connectivity index (χ4n) is 9.00. The summed E-state index contributed by atoms with van der Waals surface area (Å²) in [6.07, 6.45) is 8.22. The van der Waals surface area contributed by atoms with Crippen molar-refractivity contribution in [1.29, 1.82) is 0 Å². The number of hydrogen-bond donors (Lipinski definition) is 2. The largest absolute Gasteiger partial charge is 0.394 e. The predicted octanol–water partition coefficient (Wildman–Crippen LogP) is 9.34. The first-order chi connectivity index (χ1) is 34.4. The Hall–Kier alpha value is -3.72. The molecule has 1 saturated carbocycles. The molecule has 3 fully saturated rings. The second-order valence-electron chi connectivity index (χ2n) is 18.4. The number of nitrogens with zero attached hydrogens (tertiary/aromatic N) is 6. The van der Waals surface area contributed by atoms with E-state index in [2.05, 4.69) is 51.6 Å². The lowest BCUT2D eigenvalue weighted by molar-refractivity contribution is 0.0371. The molecule has 6 aromatic rings. The van der Waals surface area contributed by atoms with Gasteiger partial charge in [-0.15, -0.1) is 0 Å². The Balaban J connectivity index is 0.000000190. The Bertz CT molecular complexity index is 2820. The third kappa shape index (κ3) is 14.1. The van der Waals surface area contributed by atoms with Gasteiger partial charge in [-0.3, -0.25) is 19.4 Å². The zero-order chi connectivity index (χ0) is 50.0. The highest BCUT2D eigenvalue weighted by Gasteiger charge is 2.27. The molecule has 2 aliphatic heterocycles. The van der Waals surface area contributed by atoms with Gasteiger partial charge in [0.15, 0.2) is 23.2 Å². The van der Waals surface area contributed by atoms with Gasteiger partial charge in [0, 0.05) is 99.9 Å². The molecule has 1 aliphatic carbocycles. The quantitative estimate of drug-likeness (QED) is 0.0496. The lowest BCUT2D eigenvalue weighted by Gasteiger charge is -2.26. The maximum atomic E-state index is 15.9. The number of β-amino-alcohol motifs (C(OH)–C–C–N with tert-alkyl or cyclic N) is 1. The van der Waals surface area contributed by atoms with Crippen molar-refractivity contribution in [2.75, 3.05) is 85.5 Å². The van der Waals surface area contributed by atoms with E-state index >= 15 is 8.78 Å². The van der Waals surface area contributed by atoms with Crippen LogP contribution in [0.25, 0.3) is 22.1 Å². The summed E-state index contributed by atoms with van der Waals surface area (Å²) in [6, 6.07) is 14.3. The number of carbonyl (C=O) groups is 2. The zero-order valence-corrected chi connectivity index (χ0v) is 44.1. The summed E-state index contributed by atoms with van der Waals surface area (Å²) in [5, 5.41) is 19.8. The molecule has 2 N–H and O–H groups in total. The SMILES string of the molecule is O=C(COCC1CC1)c1cc2c(ncn2CCN2CCC(O)C2)c(F)c1Cc1ccc(Br)cc1Cl.O=C(COCCO)c1cc2c(ncn2CCCCN2CCOCC2)c(F)c1Cc1ccc(Br)cc1Cl. The highest BCUT2D eigenvalue weighted by Crippen LogP contribution is 2.33. The van der Waals surface area contributed by atoms with Crippen LogP contribution in [-0.2, 0) is 40.1 Å². The number of unbranched alkanes of at least 4 members (excludes halogenated alkanes) is 1. The van der Waals surface area contributed by atoms with E-state index in [0.29, 0.717) is 70.9 Å². The van der Waals surface area contributed by atoms with Gasteiger partial charge in [0.1, 0.15) is 24.2 Å². The van der Waals surface area contributed by atoms with Crippen LogP contribution in [0.5, 0.6) is 0 Å². The third-order valence-corrected chi connectivity index (χ3v) is 14.9. The molecule has 2 saturated heterocycles. The minimum Gasteiger partial charge on any atom is -0.394 e. The third-order valence-electron chi connectivity index (χ3n) is 13.2. The molecule has 0 spiro atoms. The monoisotopic (exact) mass is 1140 g/mol. The Morgan fingerprint density at radius 3 is 1.79 bits per heavy atom. The molecule has 13 nitrogen and oxygen atoms in total. The van der Waals surface area contributed by atoms with E-state index in [-0.39, 0.29) is 84.7 Å². The number of benzene rings is 4. The molecule has 0 radical (unpaired) electrons. The summed E-state index contributed by atoms with van der Waals surface area (Å²) in [4.78, 5) is 39.6. The number of aromatic nitrogens is 4. The van der Waals surface area contributed by atoms with E-state index in [1.165, 1.54) is 0 Å². The van der Waals surface area contributed by atoms with E-state index in [1.807, 2.05) is 27.3 Å². The van der Waals surface area contributed by atoms with E-state index in [9.17, 15) is 14.7 Å². The molecule has 19 heteroatoms. The van der Waals surface area contributed by atoms with E-state index in [0.717, 1.165) is 86.0 Å². The van der Waals surface area contributed by atoms with Crippen molar-refractivity contribution in [3.63, 3.8) is 0 Å². The predicted molar refractivity (Wildman–Crippen MR) is 277 cm³/mol. The van der Waals surface area contributed by atoms with Gasteiger partial charge >= 0.3 is 0 Å². The van der Waals surface area contributed by atoms with E-state index in [1.54, 1.807) is 43.0 Å². The van der Waals surface area contributed by atoms with E-state index < -0.39 is 11.6 Å². The molecule has 4 aromatic carbocycles. The number of fused-ring (bicyclic) bond motifs is 2. The van der Waals surface area contributed by atoms with Crippen molar-refractivity contribution < 1.29 is 42.8 Å². The Morgan fingerprint density at radius 1 is 0.718 bits per heavy atom. The van der Waals surface area contributed by atoms with Gasteiger partial charge in [-0.1, -0.05) is 67.2 Å². The Morgan fingerprint density at radius 2 is 1.27 bits per heavy atom. The summed E-state index contributed by atoms with van der Waals surface area (Å²) in [5.74, 6) is -1.09. The standard InChI is InChI=1S/C26H30BrClFN3O4.C26H28BrClFN3O3/c27-19-4-3-18(22(28)14-19)13-21-20(24(34)16-36-12-9-33)15-23-26(25(21)29)30-17-32(23)6-2-1-5-31-7-10-35-11-8-31;27-18-4-3-17(22(28)10-18)9-21-20(24(34)14-35-13-16-1-2-16)11-23-26(25(21)29)30-15-32(23)8-7-31-6-5-19(33)12-31/h3-4,14-15,17,33H,1-2,5-13,16H2;3-4,10-11,15-16,19,33H,1-2,5-9,12-14H2. The number of aliphatic hydroxyl groups is 2. The number of hydrogen-bond acceptors (Lipinski definition) is 11. The molecule has 71 heavy (non-hydrogen) atoms. The van der Waals surface area contributed by atoms with Gasteiger partial charge < -0.3 is 33.6 Å². The second-order valence-corrected chi connectivity index (χ2v) is 21.0. The van der Waals surface area contributed by atoms with Crippen LogP contribution in [0.2, 0.25) is 10.0 Å². The highest BCUT2D eigenvalue weighted by molar-refractivity contribution is 9.10. The minimum atomic E-state index is -0.524. The molecular weight excluding hydrogens is 1090 g/mol. The summed E-state index contributed by atoms with van der Waals surface area (Å²) in [5.41, 5.74) is 4.14. The van der Waals surface area contributed by atoms with Gasteiger partial charge in [-0.05, 0) is 92.1 Å². The maximum Gasteiger partial charge on any atom is 0.188 e. The number of rotatable bonds is 22. The van der Waals surface area contributed by atoms with Crippen LogP contribution in [0.4, 0.5) is 8.78 Å². The number of carbonyl (C=O) groups excluding carboxylic acids is 2. The minimum absolute atomic E-state index is 0.0332. The molecule has 4 heterocycles. The molecule has 1 unspecified atom stereocenters. The lowest BCUT2D eigenvalue weighted by Crippen LogP contribution is -2.36. The summed E-state index contributed by atoms with van der Waals surface area (Å²) in [7, 11) is 0. The van der Waals surface area contributed by atoms with Crippen LogP contribution in [-0.4, -0.2) is 142 Å². The second kappa shape index (κ2) is 25.5. The Labute approximate surface area is 438 Å². The van der Waals surface area contributed by atoms with E-state index in [4.69, 9.17) is 42.5 Å². The van der Waals surface area contributed by atoms with Crippen LogP contribution in [0.1, 0.15) is 75.1 Å². The molecule has 1 atom stereocenters. The van der Waals surface area contributed by atoms with Gasteiger partial charge in [0.25, 0.3) is 0 Å². The van der Waals surface area contributed by atoms with Gasteiger partial charge in [0.05, 0.1) is 62.8 Å². The van der Waals surface area contributed by atoms with Crippen molar-refractivity contribution in [3.8, 4) is 0 Å². The number of aryl methyl sites for hydroxylation is 1. The number of ketones is 2. The maximum absolute atomic E-state index is 15.9. The van der Waals surface area contributed by atoms with Crippen molar-refractivity contribution >= 4 is 88.7 Å². The van der Waals surface area contributed by atoms with Crippen LogP contribution in [0.15, 0.2) is 70.1 Å². The number of halogens is 6. The zero-order valence-electron chi connectivity index (χ0n) is 39.4. The molecule has 0 bridgehead atoms. The molecule has 2 aromatic heterocycles. The fourth-order valence-corrected chi connectivity index (χ4v) is 10.5. The molecule has 3 aliphatic rings. The number of imidazole rings is 2. The number of likely N-dealkylation sites (tertiary alicyclic amines) is 1. The number of Topliss-reactive ketones (excluding diaryl/α,β-unsaturated/α-hetero) is 2. The summed E-state index contributed by atoms with van der Waals surface area (Å²) >= 11 is 19.6. The normalized spacial score (nSPS) is 16.5. The Kier molecular flexibility index (Phi) is 19.2. The smallest absolute Gasteiger partial charge is 0.188 e. The molecule has 0 amide bonds. The summed E-state index contributed by atoms with van der Waals surface area (Å²) in [6.45, 7) is 7.97. The van der Waals surface area contributed by atoms with Gasteiger partial charge in [-0.25, -0.2) is 18.7 Å². The highest BCUT2D eigenvalue weighted by atomic mass is 79.9. The van der Waals surface area contributed by atoms with Crippen LogP contribution in [0, 0.1) is 17.6 Å². The first-order valence-corrected chi connectivity index (χ1v) is 26.4. The van der Waals surface area contributed by atoms with Crippen molar-refractivity contribution in [2.45, 2.75) is 64.1 Å². The van der Waals surface area contributed by atoms with Crippen molar-refractivity contribution in [1.82, 2.24) is 28.9 Å². The van der Waals surface area contributed by atoms with Crippen LogP contribution in [0.3, 0.4) is 0 Å². The lowest BCUT2D eigenvalue weighted by atomic mass is 9.95. The number of morpholine rings is 1. The van der Waals surface area contributed by atoms with Crippen LogP contribution >= 0.6 is 55.1 Å². The number of aliphatic hydroxyl groups excluding tert-OH is 2. The molecular formula is C52H58Br2Cl2F2N6O7. The molecule has 9 rings (SSSR count). The van der Waals surface area contributed by atoms with Gasteiger partial charge in [-0.2, -0.15) is 0 Å². The topological polar surface area (TPSA) is 144 Å². The average molecular weight is 1150 g/mol. The van der Waals surface area contributed by atoms with Crippen LogP contribution < -0.4 is 0 Å². The fraction of sp³-hybridized carbons (Fsp3) is 0.462. The van der Waals surface area contributed by atoms with Crippen molar-refractivity contribution in [2.24, 2.45) is 5.92 Å². The average Bonchev–Trinajstić information content (AvgIpc) is 3.71. The first-order valence-electron chi connectivity index (χ1n) is 24.1. The van der Waals surface area contributed by atoms with Crippen molar-refractivity contribution in [3.05, 3.63) is 125 Å². The first kappa shape index (κ1) is 53.6. The molecule has 380 valence electrons. The summed E-state index contributed by atoms with van der Waals surface area (Å²) < 4.78 is 53.5.